The van der Waals surface area contributed by atoms with Crippen LogP contribution in [-0.4, -0.2) is 62.4 Å². The molecule has 1 aliphatic heterocycles. The van der Waals surface area contributed by atoms with Crippen LogP contribution in [0.5, 0.6) is 0 Å². The van der Waals surface area contributed by atoms with Gasteiger partial charge in [0.15, 0.2) is 0 Å². The van der Waals surface area contributed by atoms with Crippen LogP contribution >= 0.6 is 0 Å². The second kappa shape index (κ2) is 6.33. The number of esters is 1. The van der Waals surface area contributed by atoms with E-state index in [1.165, 1.54) is 7.11 Å². The van der Waals surface area contributed by atoms with Gasteiger partial charge in [-0.1, -0.05) is 0 Å². The highest BCUT2D eigenvalue weighted by Gasteiger charge is 2.29. The van der Waals surface area contributed by atoms with Crippen LogP contribution in [-0.2, 0) is 14.3 Å². The molecule has 5 heteroatoms. The van der Waals surface area contributed by atoms with Crippen LogP contribution in [0.2, 0.25) is 0 Å². The van der Waals surface area contributed by atoms with Gasteiger partial charge >= 0.3 is 5.97 Å². The summed E-state index contributed by atoms with van der Waals surface area (Å²) in [4.78, 5) is 13.7. The van der Waals surface area contributed by atoms with Crippen molar-refractivity contribution in [3.63, 3.8) is 0 Å². The molecule has 0 amide bonds. The standard InChI is InChI=1S/C12H24N2O3/c1-10(11(15)16-4)13-9-12(2,3)14-5-7-17-8-6-14/h10,13H,5-9H2,1-4H3. The van der Waals surface area contributed by atoms with Crippen LogP contribution in [0.15, 0.2) is 0 Å². The second-order valence-electron chi connectivity index (χ2n) is 5.04. The molecule has 0 aromatic carbocycles. The van der Waals surface area contributed by atoms with Crippen LogP contribution in [0.3, 0.4) is 0 Å². The number of nitrogens with one attached hydrogen (secondary N) is 1. The van der Waals surface area contributed by atoms with Crippen molar-refractivity contribution in [3.8, 4) is 0 Å². The van der Waals surface area contributed by atoms with E-state index in [1.807, 2.05) is 6.92 Å². The quantitative estimate of drug-likeness (QED) is 0.703. The minimum atomic E-state index is -0.264. The van der Waals surface area contributed by atoms with Crippen LogP contribution in [0, 0.1) is 0 Å². The molecule has 1 N–H and O–H groups in total. The smallest absolute Gasteiger partial charge is 0.322 e. The first-order valence-corrected chi connectivity index (χ1v) is 6.11. The van der Waals surface area contributed by atoms with E-state index in [9.17, 15) is 4.79 Å². The third-order valence-electron chi connectivity index (χ3n) is 3.26. The number of carbonyl (C=O) groups excluding carboxylic acids is 1. The topological polar surface area (TPSA) is 50.8 Å². The van der Waals surface area contributed by atoms with Crippen LogP contribution < -0.4 is 5.32 Å². The Labute approximate surface area is 103 Å². The fourth-order valence-electron chi connectivity index (χ4n) is 1.94. The van der Waals surface area contributed by atoms with Gasteiger partial charge in [0.05, 0.1) is 20.3 Å². The number of morpholine rings is 1. The lowest BCUT2D eigenvalue weighted by atomic mass is 10.0. The van der Waals surface area contributed by atoms with Crippen molar-refractivity contribution in [1.82, 2.24) is 10.2 Å². The number of hydrogen-bond donors (Lipinski definition) is 1. The van der Waals surface area contributed by atoms with Gasteiger partial charge in [0.25, 0.3) is 0 Å². The zero-order valence-corrected chi connectivity index (χ0v) is 11.3. The van der Waals surface area contributed by atoms with E-state index in [2.05, 4.69) is 28.8 Å². The first-order valence-electron chi connectivity index (χ1n) is 6.11. The van der Waals surface area contributed by atoms with Gasteiger partial charge in [0.1, 0.15) is 6.04 Å². The van der Waals surface area contributed by atoms with Crippen LogP contribution in [0.4, 0.5) is 0 Å². The van der Waals surface area contributed by atoms with Gasteiger partial charge in [-0.3, -0.25) is 9.69 Å². The molecule has 0 aliphatic carbocycles. The maximum absolute atomic E-state index is 11.3. The second-order valence-corrected chi connectivity index (χ2v) is 5.04. The van der Waals surface area contributed by atoms with Crippen molar-refractivity contribution in [3.05, 3.63) is 0 Å². The minimum Gasteiger partial charge on any atom is -0.468 e. The highest BCUT2D eigenvalue weighted by molar-refractivity contribution is 5.75. The summed E-state index contributed by atoms with van der Waals surface area (Å²) in [6.07, 6.45) is 0. The third-order valence-corrected chi connectivity index (χ3v) is 3.26. The van der Waals surface area contributed by atoms with Crippen LogP contribution in [0.25, 0.3) is 0 Å². The molecule has 0 saturated carbocycles. The van der Waals surface area contributed by atoms with Gasteiger partial charge in [-0.05, 0) is 20.8 Å². The maximum atomic E-state index is 11.3. The van der Waals surface area contributed by atoms with Gasteiger partial charge in [-0.2, -0.15) is 0 Å². The summed E-state index contributed by atoms with van der Waals surface area (Å²) in [6, 6.07) is -0.264. The zero-order chi connectivity index (χ0) is 12.9. The number of ether oxygens (including phenoxy) is 2. The molecule has 100 valence electrons. The Morgan fingerprint density at radius 2 is 2.06 bits per heavy atom. The highest BCUT2D eigenvalue weighted by Crippen LogP contribution is 2.15. The number of nitrogens with zero attached hydrogens (tertiary/aromatic N) is 1. The third kappa shape index (κ3) is 4.26. The summed E-state index contributed by atoms with van der Waals surface area (Å²) in [5.41, 5.74) is 0.0199. The van der Waals surface area contributed by atoms with Crippen LogP contribution in [0.1, 0.15) is 20.8 Å². The normalized spacial score (nSPS) is 20.0. The summed E-state index contributed by atoms with van der Waals surface area (Å²) in [5.74, 6) is -0.220. The molecule has 0 bridgehead atoms. The Kier molecular flexibility index (Phi) is 5.36. The molecule has 1 rings (SSSR count). The Morgan fingerprint density at radius 1 is 1.47 bits per heavy atom. The highest BCUT2D eigenvalue weighted by atomic mass is 16.5. The van der Waals surface area contributed by atoms with Gasteiger partial charge in [0.2, 0.25) is 0 Å². The van der Waals surface area contributed by atoms with E-state index < -0.39 is 0 Å². The average Bonchev–Trinajstić information content (AvgIpc) is 2.36. The van der Waals surface area contributed by atoms with E-state index in [0.29, 0.717) is 0 Å². The van der Waals surface area contributed by atoms with Crippen molar-refractivity contribution in [2.24, 2.45) is 0 Å². The molecular formula is C12H24N2O3. The number of rotatable bonds is 5. The Bertz CT molecular complexity index is 250. The van der Waals surface area contributed by atoms with Gasteiger partial charge < -0.3 is 14.8 Å². The molecule has 1 heterocycles. The molecule has 1 saturated heterocycles. The molecule has 0 radical (unpaired) electrons. The van der Waals surface area contributed by atoms with Crippen molar-refractivity contribution in [1.29, 1.82) is 0 Å². The maximum Gasteiger partial charge on any atom is 0.322 e. The number of carbonyl (C=O) groups is 1. The molecule has 0 aromatic rings. The average molecular weight is 244 g/mol. The lowest BCUT2D eigenvalue weighted by Crippen LogP contribution is -2.56. The molecule has 17 heavy (non-hydrogen) atoms. The first kappa shape index (κ1) is 14.4. The van der Waals surface area contributed by atoms with Crippen molar-refractivity contribution in [2.75, 3.05) is 40.0 Å². The molecule has 1 atom stereocenters. The molecule has 5 nitrogen and oxygen atoms in total. The van der Waals surface area contributed by atoms with E-state index >= 15 is 0 Å². The number of hydrogen-bond acceptors (Lipinski definition) is 5. The molecule has 0 spiro atoms. The zero-order valence-electron chi connectivity index (χ0n) is 11.3. The van der Waals surface area contributed by atoms with E-state index in [0.717, 1.165) is 32.8 Å². The largest absolute Gasteiger partial charge is 0.468 e. The summed E-state index contributed by atoms with van der Waals surface area (Å²) < 4.78 is 10.0. The summed E-state index contributed by atoms with van der Waals surface area (Å²) >= 11 is 0. The SMILES string of the molecule is COC(=O)C(C)NCC(C)(C)N1CCOCC1. The predicted molar refractivity (Wildman–Crippen MR) is 66.0 cm³/mol. The van der Waals surface area contributed by atoms with Gasteiger partial charge in [0, 0.05) is 25.2 Å². The van der Waals surface area contributed by atoms with E-state index in [4.69, 9.17) is 4.74 Å². The predicted octanol–water partition coefficient (Wildman–Crippen LogP) is 0.248. The fraction of sp³-hybridized carbons (Fsp3) is 0.917. The Balaban J connectivity index is 2.40. The van der Waals surface area contributed by atoms with Crippen molar-refractivity contribution >= 4 is 5.97 Å². The molecule has 0 aromatic heterocycles. The van der Waals surface area contributed by atoms with Crippen molar-refractivity contribution in [2.45, 2.75) is 32.4 Å². The van der Waals surface area contributed by atoms with E-state index in [1.54, 1.807) is 0 Å². The Hall–Kier alpha value is -0.650. The first-order chi connectivity index (χ1) is 7.97. The lowest BCUT2D eigenvalue weighted by molar-refractivity contribution is -0.142. The molecule has 1 fully saturated rings. The lowest BCUT2D eigenvalue weighted by Gasteiger charge is -2.41. The Morgan fingerprint density at radius 3 is 2.59 bits per heavy atom. The number of methoxy groups -OCH3 is 1. The summed E-state index contributed by atoms with van der Waals surface area (Å²) in [7, 11) is 1.41. The minimum absolute atomic E-state index is 0.0199. The molecule has 1 unspecified atom stereocenters. The van der Waals surface area contributed by atoms with Gasteiger partial charge in [-0.15, -0.1) is 0 Å². The monoisotopic (exact) mass is 244 g/mol. The summed E-state index contributed by atoms with van der Waals surface area (Å²) in [6.45, 7) is 10.4. The fourth-order valence-corrected chi connectivity index (χ4v) is 1.94. The molecular weight excluding hydrogens is 220 g/mol. The van der Waals surface area contributed by atoms with Crippen molar-refractivity contribution < 1.29 is 14.3 Å². The van der Waals surface area contributed by atoms with E-state index in [-0.39, 0.29) is 17.6 Å². The molecule has 1 aliphatic rings. The van der Waals surface area contributed by atoms with Gasteiger partial charge in [-0.25, -0.2) is 0 Å². The summed E-state index contributed by atoms with van der Waals surface area (Å²) in [5, 5.41) is 3.21.